The minimum Gasteiger partial charge on any atom is -0.354 e. The zero-order valence-electron chi connectivity index (χ0n) is 13.7. The predicted molar refractivity (Wildman–Crippen MR) is 93.3 cm³/mol. The number of benzene rings is 2. The lowest BCUT2D eigenvalue weighted by Gasteiger charge is -2.14. The SMILES string of the molecule is O=C(Nc1ccc(Nc2ccccc2C(F)(F)F)cn1)c1ccc(F)cc1. The first-order valence-electron chi connectivity index (χ1n) is 7.79. The minimum atomic E-state index is -4.49. The fourth-order valence-corrected chi connectivity index (χ4v) is 2.33. The Balaban J connectivity index is 1.71. The summed E-state index contributed by atoms with van der Waals surface area (Å²) in [5, 5.41) is 5.18. The number of nitrogens with zero attached hydrogens (tertiary/aromatic N) is 1. The van der Waals surface area contributed by atoms with Crippen LogP contribution in [-0.2, 0) is 6.18 Å². The van der Waals surface area contributed by atoms with Crippen LogP contribution in [0.4, 0.5) is 34.8 Å². The Labute approximate surface area is 151 Å². The van der Waals surface area contributed by atoms with Gasteiger partial charge in [-0.05, 0) is 48.5 Å². The number of halogens is 4. The topological polar surface area (TPSA) is 54.0 Å². The van der Waals surface area contributed by atoms with Crippen LogP contribution in [0, 0.1) is 5.82 Å². The van der Waals surface area contributed by atoms with E-state index in [2.05, 4.69) is 15.6 Å². The van der Waals surface area contributed by atoms with E-state index in [0.29, 0.717) is 5.69 Å². The van der Waals surface area contributed by atoms with Crippen molar-refractivity contribution in [3.63, 3.8) is 0 Å². The Morgan fingerprint density at radius 1 is 0.926 bits per heavy atom. The number of carbonyl (C=O) groups is 1. The van der Waals surface area contributed by atoms with E-state index in [1.165, 1.54) is 48.7 Å². The Hall–Kier alpha value is -3.42. The molecule has 27 heavy (non-hydrogen) atoms. The second-order valence-corrected chi connectivity index (χ2v) is 5.56. The average molecular weight is 375 g/mol. The largest absolute Gasteiger partial charge is 0.418 e. The molecule has 2 N–H and O–H groups in total. The molecule has 0 unspecified atom stereocenters. The molecular formula is C19H13F4N3O. The lowest BCUT2D eigenvalue weighted by molar-refractivity contribution is -0.136. The van der Waals surface area contributed by atoms with Crippen molar-refractivity contribution in [3.05, 3.63) is 83.8 Å². The Kier molecular flexibility index (Phi) is 5.07. The van der Waals surface area contributed by atoms with Crippen molar-refractivity contribution in [2.45, 2.75) is 6.18 Å². The van der Waals surface area contributed by atoms with Gasteiger partial charge in [-0.25, -0.2) is 9.37 Å². The first-order chi connectivity index (χ1) is 12.8. The zero-order chi connectivity index (χ0) is 19.4. The standard InChI is InChI=1S/C19H13F4N3O/c20-13-7-5-12(6-8-13)18(27)26-17-10-9-14(11-24-17)25-16-4-2-1-3-15(16)19(21,22)23/h1-11,25H,(H,24,26,27). The monoisotopic (exact) mass is 375 g/mol. The summed E-state index contributed by atoms with van der Waals surface area (Å²) < 4.78 is 51.9. The summed E-state index contributed by atoms with van der Waals surface area (Å²) in [6, 6.07) is 13.0. The minimum absolute atomic E-state index is 0.102. The molecule has 3 rings (SSSR count). The van der Waals surface area contributed by atoms with Crippen molar-refractivity contribution >= 4 is 23.1 Å². The van der Waals surface area contributed by atoms with Gasteiger partial charge in [0.25, 0.3) is 5.91 Å². The van der Waals surface area contributed by atoms with Gasteiger partial charge in [0.05, 0.1) is 23.1 Å². The number of aromatic nitrogens is 1. The first-order valence-corrected chi connectivity index (χ1v) is 7.79. The maximum Gasteiger partial charge on any atom is 0.418 e. The molecule has 1 aromatic heterocycles. The van der Waals surface area contributed by atoms with Gasteiger partial charge in [-0.3, -0.25) is 4.79 Å². The smallest absolute Gasteiger partial charge is 0.354 e. The third-order valence-electron chi connectivity index (χ3n) is 3.62. The number of carbonyl (C=O) groups excluding carboxylic acids is 1. The molecule has 0 aliphatic rings. The van der Waals surface area contributed by atoms with Crippen molar-refractivity contribution < 1.29 is 22.4 Å². The van der Waals surface area contributed by atoms with Crippen molar-refractivity contribution in [1.29, 1.82) is 0 Å². The number of pyridine rings is 1. The summed E-state index contributed by atoms with van der Waals surface area (Å²) in [6.45, 7) is 0. The van der Waals surface area contributed by atoms with Crippen molar-refractivity contribution in [2.75, 3.05) is 10.6 Å². The molecule has 0 saturated heterocycles. The third kappa shape index (κ3) is 4.60. The van der Waals surface area contributed by atoms with Crippen LogP contribution < -0.4 is 10.6 Å². The number of rotatable bonds is 4. The predicted octanol–water partition coefficient (Wildman–Crippen LogP) is 5.24. The molecule has 0 spiro atoms. The Morgan fingerprint density at radius 3 is 2.26 bits per heavy atom. The van der Waals surface area contributed by atoms with E-state index in [4.69, 9.17) is 0 Å². The fraction of sp³-hybridized carbons (Fsp3) is 0.0526. The molecular weight excluding hydrogens is 362 g/mol. The van der Waals surface area contributed by atoms with E-state index in [0.717, 1.165) is 18.2 Å². The van der Waals surface area contributed by atoms with Crippen LogP contribution in [0.3, 0.4) is 0 Å². The lowest BCUT2D eigenvalue weighted by Crippen LogP contribution is -2.13. The number of anilines is 3. The molecule has 2 aromatic carbocycles. The summed E-state index contributed by atoms with van der Waals surface area (Å²) in [6.07, 6.45) is -3.19. The van der Waals surface area contributed by atoms with Crippen LogP contribution >= 0.6 is 0 Å². The maximum absolute atomic E-state index is 13.0. The van der Waals surface area contributed by atoms with E-state index in [1.54, 1.807) is 0 Å². The lowest BCUT2D eigenvalue weighted by atomic mass is 10.1. The molecule has 0 aliphatic carbocycles. The molecule has 138 valence electrons. The molecule has 0 saturated carbocycles. The van der Waals surface area contributed by atoms with Gasteiger partial charge in [-0.2, -0.15) is 13.2 Å². The van der Waals surface area contributed by atoms with Crippen LogP contribution in [0.1, 0.15) is 15.9 Å². The second kappa shape index (κ2) is 7.45. The fourth-order valence-electron chi connectivity index (χ4n) is 2.33. The Bertz CT molecular complexity index is 938. The van der Waals surface area contributed by atoms with Gasteiger partial charge in [0, 0.05) is 5.56 Å². The van der Waals surface area contributed by atoms with Gasteiger partial charge in [-0.1, -0.05) is 12.1 Å². The van der Waals surface area contributed by atoms with Gasteiger partial charge in [0.15, 0.2) is 0 Å². The molecule has 1 amide bonds. The molecule has 0 radical (unpaired) electrons. The van der Waals surface area contributed by atoms with Gasteiger partial charge >= 0.3 is 6.18 Å². The van der Waals surface area contributed by atoms with E-state index in [1.807, 2.05) is 0 Å². The van der Waals surface area contributed by atoms with Gasteiger partial charge in [-0.15, -0.1) is 0 Å². The quantitative estimate of drug-likeness (QED) is 0.614. The molecule has 0 bridgehead atoms. The summed E-state index contributed by atoms with van der Waals surface area (Å²) in [5.74, 6) is -0.733. The summed E-state index contributed by atoms with van der Waals surface area (Å²) >= 11 is 0. The maximum atomic E-state index is 13.0. The normalized spacial score (nSPS) is 11.1. The van der Waals surface area contributed by atoms with Gasteiger partial charge in [0.2, 0.25) is 0 Å². The average Bonchev–Trinajstić information content (AvgIpc) is 2.63. The van der Waals surface area contributed by atoms with Crippen molar-refractivity contribution in [3.8, 4) is 0 Å². The first kappa shape index (κ1) is 18.4. The highest BCUT2D eigenvalue weighted by Crippen LogP contribution is 2.35. The van der Waals surface area contributed by atoms with Crippen LogP contribution in [0.25, 0.3) is 0 Å². The van der Waals surface area contributed by atoms with E-state index >= 15 is 0 Å². The van der Waals surface area contributed by atoms with Crippen LogP contribution in [0.2, 0.25) is 0 Å². The molecule has 3 aromatic rings. The zero-order valence-corrected chi connectivity index (χ0v) is 13.7. The molecule has 0 fully saturated rings. The molecule has 8 heteroatoms. The van der Waals surface area contributed by atoms with E-state index in [-0.39, 0.29) is 17.1 Å². The molecule has 4 nitrogen and oxygen atoms in total. The number of para-hydroxylation sites is 1. The number of hydrogen-bond donors (Lipinski definition) is 2. The van der Waals surface area contributed by atoms with Crippen LogP contribution in [-0.4, -0.2) is 10.9 Å². The molecule has 0 aliphatic heterocycles. The molecule has 0 atom stereocenters. The number of hydrogen-bond acceptors (Lipinski definition) is 3. The highest BCUT2D eigenvalue weighted by atomic mass is 19.4. The number of nitrogens with one attached hydrogen (secondary N) is 2. The van der Waals surface area contributed by atoms with Crippen LogP contribution in [0.5, 0.6) is 0 Å². The number of amides is 1. The highest BCUT2D eigenvalue weighted by Gasteiger charge is 2.33. The summed E-state index contributed by atoms with van der Waals surface area (Å²) in [7, 11) is 0. The summed E-state index contributed by atoms with van der Waals surface area (Å²) in [4.78, 5) is 16.0. The van der Waals surface area contributed by atoms with Gasteiger partial charge < -0.3 is 10.6 Å². The third-order valence-corrected chi connectivity index (χ3v) is 3.62. The summed E-state index contributed by atoms with van der Waals surface area (Å²) in [5.41, 5.74) is -0.320. The molecule has 1 heterocycles. The van der Waals surface area contributed by atoms with Crippen molar-refractivity contribution in [1.82, 2.24) is 4.98 Å². The number of alkyl halides is 3. The van der Waals surface area contributed by atoms with E-state index in [9.17, 15) is 22.4 Å². The Morgan fingerprint density at radius 2 is 1.63 bits per heavy atom. The van der Waals surface area contributed by atoms with E-state index < -0.39 is 23.5 Å². The second-order valence-electron chi connectivity index (χ2n) is 5.56. The highest BCUT2D eigenvalue weighted by molar-refractivity contribution is 6.03. The van der Waals surface area contributed by atoms with Gasteiger partial charge in [0.1, 0.15) is 11.6 Å². The van der Waals surface area contributed by atoms with Crippen LogP contribution in [0.15, 0.2) is 66.9 Å². The van der Waals surface area contributed by atoms with Crippen molar-refractivity contribution in [2.24, 2.45) is 0 Å².